The zero-order valence-electron chi connectivity index (χ0n) is 15.1. The van der Waals surface area contributed by atoms with E-state index in [1.807, 2.05) is 30.3 Å². The molecule has 1 fully saturated rings. The number of aryl methyl sites for hydroxylation is 1. The number of carbonyl (C=O) groups excluding carboxylic acids is 1. The number of anilines is 1. The summed E-state index contributed by atoms with van der Waals surface area (Å²) in [5.41, 5.74) is 0.933. The molecule has 0 aliphatic carbocycles. The third kappa shape index (κ3) is 4.22. The van der Waals surface area contributed by atoms with Crippen LogP contribution in [-0.2, 0) is 4.79 Å². The van der Waals surface area contributed by atoms with Crippen molar-refractivity contribution in [1.29, 1.82) is 0 Å². The lowest BCUT2D eigenvalue weighted by Gasteiger charge is -2.30. The largest absolute Gasteiger partial charge is 0.360 e. The number of aromatic nitrogens is 3. The van der Waals surface area contributed by atoms with Gasteiger partial charge in [-0.05, 0) is 26.3 Å². The highest BCUT2D eigenvalue weighted by Crippen LogP contribution is 2.27. The molecule has 8 nitrogen and oxygen atoms in total. The number of nitrogens with zero attached hydrogens (tertiary/aromatic N) is 4. The summed E-state index contributed by atoms with van der Waals surface area (Å²) in [4.78, 5) is 18.9. The maximum Gasteiger partial charge on any atom is 0.239 e. The number of rotatable bonds is 5. The Hall–Kier alpha value is -3.00. The van der Waals surface area contributed by atoms with Crippen molar-refractivity contribution in [3.8, 4) is 11.4 Å². The molecule has 0 bridgehead atoms. The molecule has 0 spiro atoms. The maximum atomic E-state index is 12.2. The monoisotopic (exact) mass is 367 g/mol. The molecule has 1 saturated heterocycles. The standard InChI is InChI=1S/C19H21N5O3/c1-13-10-16(22-26-13)20-17(25)12-24-9-5-8-15(11-24)19-21-18(23-27-19)14-6-3-2-4-7-14/h2-4,6-7,10,15H,5,8-9,11-12H2,1H3,(H,20,22,25). The van der Waals surface area contributed by atoms with Gasteiger partial charge in [0.1, 0.15) is 5.76 Å². The van der Waals surface area contributed by atoms with Gasteiger partial charge in [0.05, 0.1) is 12.5 Å². The first-order chi connectivity index (χ1) is 13.2. The van der Waals surface area contributed by atoms with Crippen molar-refractivity contribution in [3.05, 3.63) is 48.0 Å². The van der Waals surface area contributed by atoms with Crippen molar-refractivity contribution in [2.24, 2.45) is 0 Å². The minimum Gasteiger partial charge on any atom is -0.360 e. The lowest BCUT2D eigenvalue weighted by atomic mass is 9.98. The number of hydrogen-bond donors (Lipinski definition) is 1. The third-order valence-electron chi connectivity index (χ3n) is 4.59. The van der Waals surface area contributed by atoms with E-state index >= 15 is 0 Å². The van der Waals surface area contributed by atoms with E-state index in [1.54, 1.807) is 13.0 Å². The van der Waals surface area contributed by atoms with Crippen LogP contribution in [0.2, 0.25) is 0 Å². The zero-order valence-corrected chi connectivity index (χ0v) is 15.1. The summed E-state index contributed by atoms with van der Waals surface area (Å²) in [5, 5.41) is 10.6. The van der Waals surface area contributed by atoms with Gasteiger partial charge < -0.3 is 14.4 Å². The second kappa shape index (κ2) is 7.71. The Balaban J connectivity index is 1.37. The molecule has 1 aliphatic heterocycles. The Morgan fingerprint density at radius 2 is 2.11 bits per heavy atom. The fourth-order valence-corrected chi connectivity index (χ4v) is 3.32. The van der Waals surface area contributed by atoms with Crippen molar-refractivity contribution in [1.82, 2.24) is 20.2 Å². The predicted octanol–water partition coefficient (Wildman–Crippen LogP) is 2.85. The van der Waals surface area contributed by atoms with Gasteiger partial charge in [-0.1, -0.05) is 40.6 Å². The average molecular weight is 367 g/mol. The zero-order chi connectivity index (χ0) is 18.6. The molecule has 0 saturated carbocycles. The highest BCUT2D eigenvalue weighted by atomic mass is 16.5. The molecule has 1 unspecified atom stereocenters. The van der Waals surface area contributed by atoms with Gasteiger partial charge in [0.15, 0.2) is 5.82 Å². The molecule has 0 radical (unpaired) electrons. The summed E-state index contributed by atoms with van der Waals surface area (Å²) in [6.45, 7) is 3.65. The van der Waals surface area contributed by atoms with Crippen molar-refractivity contribution in [2.75, 3.05) is 25.0 Å². The number of benzene rings is 1. The van der Waals surface area contributed by atoms with Gasteiger partial charge in [-0.2, -0.15) is 4.98 Å². The van der Waals surface area contributed by atoms with Crippen molar-refractivity contribution in [2.45, 2.75) is 25.7 Å². The summed E-state index contributed by atoms with van der Waals surface area (Å²) in [6, 6.07) is 11.5. The molecule has 27 heavy (non-hydrogen) atoms. The van der Waals surface area contributed by atoms with Crippen LogP contribution in [-0.4, -0.2) is 45.7 Å². The lowest BCUT2D eigenvalue weighted by Crippen LogP contribution is -2.39. The van der Waals surface area contributed by atoms with Crippen LogP contribution in [0.25, 0.3) is 11.4 Å². The van der Waals surface area contributed by atoms with Crippen LogP contribution >= 0.6 is 0 Å². The van der Waals surface area contributed by atoms with Gasteiger partial charge in [0, 0.05) is 18.2 Å². The normalized spacial score (nSPS) is 17.7. The minimum absolute atomic E-state index is 0.112. The SMILES string of the molecule is Cc1cc(NC(=O)CN2CCCC(c3nc(-c4ccccc4)no3)C2)no1. The van der Waals surface area contributed by atoms with Gasteiger partial charge in [0.2, 0.25) is 17.6 Å². The maximum absolute atomic E-state index is 12.2. The first kappa shape index (κ1) is 17.4. The van der Waals surface area contributed by atoms with Crippen LogP contribution in [0.3, 0.4) is 0 Å². The molecular weight excluding hydrogens is 346 g/mol. The van der Waals surface area contributed by atoms with Crippen LogP contribution in [0.1, 0.15) is 30.4 Å². The number of hydrogen-bond acceptors (Lipinski definition) is 7. The van der Waals surface area contributed by atoms with Crippen molar-refractivity contribution < 1.29 is 13.8 Å². The number of likely N-dealkylation sites (tertiary alicyclic amines) is 1. The van der Waals surface area contributed by atoms with Crippen LogP contribution in [0, 0.1) is 6.92 Å². The predicted molar refractivity (Wildman–Crippen MR) is 98.0 cm³/mol. The number of nitrogens with one attached hydrogen (secondary N) is 1. The molecule has 8 heteroatoms. The quantitative estimate of drug-likeness (QED) is 0.740. The summed E-state index contributed by atoms with van der Waals surface area (Å²) < 4.78 is 10.5. The average Bonchev–Trinajstić information content (AvgIpc) is 3.32. The smallest absolute Gasteiger partial charge is 0.239 e. The molecule has 140 valence electrons. The van der Waals surface area contributed by atoms with E-state index in [9.17, 15) is 4.79 Å². The Morgan fingerprint density at radius 3 is 2.89 bits per heavy atom. The molecule has 1 N–H and O–H groups in total. The molecule has 1 aliphatic rings. The highest BCUT2D eigenvalue weighted by Gasteiger charge is 2.27. The van der Waals surface area contributed by atoms with Crippen molar-refractivity contribution in [3.63, 3.8) is 0 Å². The van der Waals surface area contributed by atoms with E-state index in [2.05, 4.69) is 25.5 Å². The summed E-state index contributed by atoms with van der Waals surface area (Å²) in [7, 11) is 0. The molecule has 3 aromatic rings. The molecule has 1 aromatic carbocycles. The Kier molecular flexibility index (Phi) is 4.97. The summed E-state index contributed by atoms with van der Waals surface area (Å²) in [6.07, 6.45) is 1.95. The fraction of sp³-hybridized carbons (Fsp3) is 0.368. The topological polar surface area (TPSA) is 97.3 Å². The molecule has 2 aromatic heterocycles. The van der Waals surface area contributed by atoms with Crippen molar-refractivity contribution >= 4 is 11.7 Å². The van der Waals surface area contributed by atoms with Gasteiger partial charge in [-0.25, -0.2) is 0 Å². The molecule has 4 rings (SSSR count). The molecule has 1 amide bonds. The van der Waals surface area contributed by atoms with Crippen LogP contribution in [0.5, 0.6) is 0 Å². The van der Waals surface area contributed by atoms with Gasteiger partial charge in [-0.15, -0.1) is 0 Å². The minimum atomic E-state index is -0.112. The third-order valence-corrected chi connectivity index (χ3v) is 4.59. The Morgan fingerprint density at radius 1 is 1.26 bits per heavy atom. The van der Waals surface area contributed by atoms with Crippen LogP contribution in [0.4, 0.5) is 5.82 Å². The van der Waals surface area contributed by atoms with Crippen LogP contribution in [0.15, 0.2) is 45.4 Å². The lowest BCUT2D eigenvalue weighted by molar-refractivity contribution is -0.117. The summed E-state index contributed by atoms with van der Waals surface area (Å²) in [5.74, 6) is 2.35. The highest BCUT2D eigenvalue weighted by molar-refractivity contribution is 5.91. The van der Waals surface area contributed by atoms with Gasteiger partial charge in [0.25, 0.3) is 0 Å². The van der Waals surface area contributed by atoms with E-state index in [0.717, 1.165) is 24.9 Å². The molecular formula is C19H21N5O3. The number of amides is 1. The molecule has 1 atom stereocenters. The van der Waals surface area contributed by atoms with Gasteiger partial charge in [-0.3, -0.25) is 9.69 Å². The van der Waals surface area contributed by atoms with E-state index in [-0.39, 0.29) is 11.8 Å². The first-order valence-electron chi connectivity index (χ1n) is 9.02. The number of piperidine rings is 1. The molecule has 3 heterocycles. The fourth-order valence-electron chi connectivity index (χ4n) is 3.32. The summed E-state index contributed by atoms with van der Waals surface area (Å²) >= 11 is 0. The first-order valence-corrected chi connectivity index (χ1v) is 9.02. The van der Waals surface area contributed by atoms with Gasteiger partial charge >= 0.3 is 0 Å². The number of carbonyl (C=O) groups is 1. The second-order valence-corrected chi connectivity index (χ2v) is 6.77. The van der Waals surface area contributed by atoms with E-state index < -0.39 is 0 Å². The van der Waals surface area contributed by atoms with E-state index in [1.165, 1.54) is 0 Å². The van der Waals surface area contributed by atoms with E-state index in [0.29, 0.717) is 36.4 Å². The second-order valence-electron chi connectivity index (χ2n) is 6.77. The Labute approximate surface area is 156 Å². The Bertz CT molecular complexity index is 905. The van der Waals surface area contributed by atoms with E-state index in [4.69, 9.17) is 9.05 Å². The van der Waals surface area contributed by atoms with Crippen LogP contribution < -0.4 is 5.32 Å².